The standard InChI is InChI=1S/C20H25N3O2/c24-11-15-7-13(9-19(15)25)8-16-10-20(22-12-21-16)23-18-6-5-14-3-1-2-4-17(14)18/h1-4,10,12-13,15,18-19,24-25H,5-9,11H2,(H,21,22,23)/t13-,15-,18-,19-/m0/s1. The van der Waals surface area contributed by atoms with Crippen molar-refractivity contribution in [1.82, 2.24) is 9.97 Å². The van der Waals surface area contributed by atoms with Crippen molar-refractivity contribution in [1.29, 1.82) is 0 Å². The molecule has 4 atom stereocenters. The molecule has 0 amide bonds. The number of anilines is 1. The van der Waals surface area contributed by atoms with E-state index >= 15 is 0 Å². The van der Waals surface area contributed by atoms with Crippen molar-refractivity contribution >= 4 is 5.82 Å². The smallest absolute Gasteiger partial charge is 0.130 e. The highest BCUT2D eigenvalue weighted by Gasteiger charge is 2.32. The van der Waals surface area contributed by atoms with E-state index in [1.54, 1.807) is 6.33 Å². The average Bonchev–Trinajstić information content (AvgIpc) is 3.19. The van der Waals surface area contributed by atoms with Crippen LogP contribution in [0.25, 0.3) is 0 Å². The zero-order valence-electron chi connectivity index (χ0n) is 14.3. The van der Waals surface area contributed by atoms with E-state index in [1.807, 2.05) is 6.07 Å². The van der Waals surface area contributed by atoms with E-state index < -0.39 is 0 Å². The zero-order chi connectivity index (χ0) is 17.2. The Hall–Kier alpha value is -1.98. The lowest BCUT2D eigenvalue weighted by Crippen LogP contribution is -2.16. The molecule has 1 heterocycles. The normalized spacial score (nSPS) is 28.1. The molecule has 2 aliphatic carbocycles. The molecule has 1 aromatic heterocycles. The Labute approximate surface area is 148 Å². The molecule has 3 N–H and O–H groups in total. The number of aliphatic hydroxyl groups is 2. The zero-order valence-corrected chi connectivity index (χ0v) is 14.3. The maximum absolute atomic E-state index is 9.97. The highest BCUT2D eigenvalue weighted by atomic mass is 16.3. The summed E-state index contributed by atoms with van der Waals surface area (Å²) in [5.41, 5.74) is 3.79. The van der Waals surface area contributed by atoms with Gasteiger partial charge >= 0.3 is 0 Å². The van der Waals surface area contributed by atoms with Gasteiger partial charge in [-0.3, -0.25) is 0 Å². The Balaban J connectivity index is 1.42. The number of hydrogen-bond donors (Lipinski definition) is 3. The minimum absolute atomic E-state index is 0.0134. The molecular weight excluding hydrogens is 314 g/mol. The summed E-state index contributed by atoms with van der Waals surface area (Å²) in [5, 5.41) is 22.8. The second-order valence-corrected chi connectivity index (χ2v) is 7.38. The Morgan fingerprint density at radius 1 is 1.16 bits per heavy atom. The van der Waals surface area contributed by atoms with Crippen LogP contribution in [0.3, 0.4) is 0 Å². The van der Waals surface area contributed by atoms with Crippen molar-refractivity contribution in [2.45, 2.75) is 44.2 Å². The van der Waals surface area contributed by atoms with Gasteiger partial charge in [-0.25, -0.2) is 9.97 Å². The van der Waals surface area contributed by atoms with Gasteiger partial charge < -0.3 is 15.5 Å². The lowest BCUT2D eigenvalue weighted by atomic mass is 10.00. The van der Waals surface area contributed by atoms with Gasteiger partial charge in [-0.15, -0.1) is 0 Å². The predicted octanol–water partition coefficient (Wildman–Crippen LogP) is 2.50. The van der Waals surface area contributed by atoms with Crippen LogP contribution in [-0.2, 0) is 12.8 Å². The van der Waals surface area contributed by atoms with E-state index in [4.69, 9.17) is 0 Å². The first-order chi connectivity index (χ1) is 12.2. The maximum atomic E-state index is 9.97. The molecule has 2 aromatic rings. The SMILES string of the molecule is OC[C@@H]1C[C@@H](Cc2cc(N[C@H]3CCc4ccccc43)ncn2)C[C@@H]1O. The van der Waals surface area contributed by atoms with Crippen LogP contribution in [0.15, 0.2) is 36.7 Å². The molecular formula is C20H25N3O2. The quantitative estimate of drug-likeness (QED) is 0.780. The van der Waals surface area contributed by atoms with Gasteiger partial charge in [-0.1, -0.05) is 24.3 Å². The van der Waals surface area contributed by atoms with Gasteiger partial charge in [0.1, 0.15) is 12.1 Å². The number of fused-ring (bicyclic) bond motifs is 1. The second kappa shape index (κ2) is 7.10. The summed E-state index contributed by atoms with van der Waals surface area (Å²) in [6, 6.07) is 10.9. The van der Waals surface area contributed by atoms with Gasteiger partial charge in [0.2, 0.25) is 0 Å². The summed E-state index contributed by atoms with van der Waals surface area (Å²) < 4.78 is 0. The number of nitrogens with zero attached hydrogens (tertiary/aromatic N) is 2. The molecule has 5 heteroatoms. The Bertz CT molecular complexity index is 736. The van der Waals surface area contributed by atoms with Gasteiger partial charge in [0.25, 0.3) is 0 Å². The van der Waals surface area contributed by atoms with Crippen molar-refractivity contribution in [3.8, 4) is 0 Å². The minimum atomic E-state index is -0.385. The molecule has 2 aliphatic rings. The first-order valence-electron chi connectivity index (χ1n) is 9.17. The van der Waals surface area contributed by atoms with E-state index in [2.05, 4.69) is 39.6 Å². The number of benzene rings is 1. The van der Waals surface area contributed by atoms with Gasteiger partial charge in [-0.2, -0.15) is 0 Å². The molecule has 0 bridgehead atoms. The van der Waals surface area contributed by atoms with E-state index in [0.717, 1.165) is 43.6 Å². The highest BCUT2D eigenvalue weighted by Crippen LogP contribution is 2.35. The second-order valence-electron chi connectivity index (χ2n) is 7.38. The van der Waals surface area contributed by atoms with Crippen LogP contribution in [0.4, 0.5) is 5.82 Å². The van der Waals surface area contributed by atoms with Crippen LogP contribution in [0, 0.1) is 11.8 Å². The van der Waals surface area contributed by atoms with Crippen LogP contribution in [0.5, 0.6) is 0 Å². The number of aromatic nitrogens is 2. The van der Waals surface area contributed by atoms with Crippen molar-refractivity contribution in [2.24, 2.45) is 11.8 Å². The molecule has 0 spiro atoms. The highest BCUT2D eigenvalue weighted by molar-refractivity contribution is 5.43. The van der Waals surface area contributed by atoms with Crippen molar-refractivity contribution in [3.63, 3.8) is 0 Å². The monoisotopic (exact) mass is 339 g/mol. The molecule has 132 valence electrons. The summed E-state index contributed by atoms with van der Waals surface area (Å²) in [6.45, 7) is 0.0648. The topological polar surface area (TPSA) is 78.3 Å². The van der Waals surface area contributed by atoms with Gasteiger partial charge in [-0.05, 0) is 49.1 Å². The molecule has 25 heavy (non-hydrogen) atoms. The predicted molar refractivity (Wildman–Crippen MR) is 96.2 cm³/mol. The number of rotatable bonds is 5. The van der Waals surface area contributed by atoms with Crippen LogP contribution in [0.1, 0.15) is 42.1 Å². The third-order valence-corrected chi connectivity index (χ3v) is 5.67. The van der Waals surface area contributed by atoms with Crippen molar-refractivity contribution < 1.29 is 10.2 Å². The number of nitrogens with one attached hydrogen (secondary N) is 1. The van der Waals surface area contributed by atoms with Gasteiger partial charge in [0, 0.05) is 24.3 Å². The fourth-order valence-electron chi connectivity index (χ4n) is 4.35. The average molecular weight is 339 g/mol. The Morgan fingerprint density at radius 2 is 2.04 bits per heavy atom. The fourth-order valence-corrected chi connectivity index (χ4v) is 4.35. The van der Waals surface area contributed by atoms with Crippen molar-refractivity contribution in [3.05, 3.63) is 53.5 Å². The molecule has 0 unspecified atom stereocenters. The molecule has 1 aromatic carbocycles. The summed E-state index contributed by atoms with van der Waals surface area (Å²) in [6.07, 6.45) is 5.86. The number of aliphatic hydroxyl groups excluding tert-OH is 2. The van der Waals surface area contributed by atoms with Crippen LogP contribution in [-0.4, -0.2) is 32.9 Å². The molecule has 1 saturated carbocycles. The fraction of sp³-hybridized carbons (Fsp3) is 0.500. The van der Waals surface area contributed by atoms with Crippen LogP contribution in [0.2, 0.25) is 0 Å². The molecule has 0 aliphatic heterocycles. The third-order valence-electron chi connectivity index (χ3n) is 5.67. The first-order valence-corrected chi connectivity index (χ1v) is 9.17. The van der Waals surface area contributed by atoms with E-state index in [9.17, 15) is 10.2 Å². The number of aryl methyl sites for hydroxylation is 1. The lowest BCUT2D eigenvalue weighted by Gasteiger charge is -2.16. The molecule has 1 fully saturated rings. The Kier molecular flexibility index (Phi) is 4.68. The van der Waals surface area contributed by atoms with Gasteiger partial charge in [0.05, 0.1) is 12.1 Å². The van der Waals surface area contributed by atoms with E-state index in [1.165, 1.54) is 11.1 Å². The first kappa shape index (κ1) is 16.5. The summed E-state index contributed by atoms with van der Waals surface area (Å²) in [4.78, 5) is 8.79. The molecule has 5 nitrogen and oxygen atoms in total. The summed E-state index contributed by atoms with van der Waals surface area (Å²) in [5.74, 6) is 1.26. The largest absolute Gasteiger partial charge is 0.396 e. The summed E-state index contributed by atoms with van der Waals surface area (Å²) >= 11 is 0. The van der Waals surface area contributed by atoms with Crippen LogP contribution < -0.4 is 5.32 Å². The van der Waals surface area contributed by atoms with Crippen LogP contribution >= 0.6 is 0 Å². The molecule has 0 radical (unpaired) electrons. The van der Waals surface area contributed by atoms with Gasteiger partial charge in [0.15, 0.2) is 0 Å². The molecule has 0 saturated heterocycles. The lowest BCUT2D eigenvalue weighted by molar-refractivity contribution is 0.0906. The van der Waals surface area contributed by atoms with Crippen molar-refractivity contribution in [2.75, 3.05) is 11.9 Å². The Morgan fingerprint density at radius 3 is 2.88 bits per heavy atom. The maximum Gasteiger partial charge on any atom is 0.130 e. The minimum Gasteiger partial charge on any atom is -0.396 e. The molecule has 4 rings (SSSR count). The van der Waals surface area contributed by atoms with E-state index in [-0.39, 0.29) is 18.6 Å². The number of hydrogen-bond acceptors (Lipinski definition) is 5. The van der Waals surface area contributed by atoms with E-state index in [0.29, 0.717) is 12.0 Å². The third kappa shape index (κ3) is 3.53. The summed E-state index contributed by atoms with van der Waals surface area (Å²) in [7, 11) is 0.